The molecule has 1 atom stereocenters. The Morgan fingerprint density at radius 3 is 2.69 bits per heavy atom. The monoisotopic (exact) mass is 472 g/mol. The van der Waals surface area contributed by atoms with Gasteiger partial charge in [-0.05, 0) is 67.3 Å². The molecule has 32 heavy (non-hydrogen) atoms. The summed E-state index contributed by atoms with van der Waals surface area (Å²) < 4.78 is 41.2. The number of fused-ring (bicyclic) bond motifs is 1. The van der Waals surface area contributed by atoms with Gasteiger partial charge in [0.25, 0.3) is 10.0 Å². The number of carbonyl (C=O) groups excluding carboxylic acids is 1. The van der Waals surface area contributed by atoms with Crippen molar-refractivity contribution in [2.45, 2.75) is 30.2 Å². The molecule has 1 fully saturated rings. The molecule has 0 saturated carbocycles. The average Bonchev–Trinajstić information content (AvgIpc) is 3.42. The highest BCUT2D eigenvalue weighted by molar-refractivity contribution is 7.93. The molecule has 5 rings (SSSR count). The predicted molar refractivity (Wildman–Crippen MR) is 122 cm³/mol. The Kier molecular flexibility index (Phi) is 5.34. The number of aryl methyl sites for hydroxylation is 1. The van der Waals surface area contributed by atoms with Gasteiger partial charge in [-0.15, -0.1) is 11.3 Å². The van der Waals surface area contributed by atoms with Gasteiger partial charge in [0.1, 0.15) is 11.9 Å². The molecule has 0 aliphatic carbocycles. The number of hydrogen-bond donors (Lipinski definition) is 1. The second-order valence-corrected chi connectivity index (χ2v) is 10.4. The van der Waals surface area contributed by atoms with E-state index < -0.39 is 10.0 Å². The van der Waals surface area contributed by atoms with Crippen molar-refractivity contribution in [3.63, 3.8) is 0 Å². The largest absolute Gasteiger partial charge is 0.359 e. The molecule has 0 bridgehead atoms. The van der Waals surface area contributed by atoms with Crippen molar-refractivity contribution < 1.29 is 17.6 Å². The van der Waals surface area contributed by atoms with Crippen LogP contribution in [-0.4, -0.2) is 38.4 Å². The molecule has 7 nitrogen and oxygen atoms in total. The van der Waals surface area contributed by atoms with Gasteiger partial charge in [0.2, 0.25) is 5.91 Å². The number of amides is 1. The quantitative estimate of drug-likeness (QED) is 0.613. The maximum absolute atomic E-state index is 13.6. The third kappa shape index (κ3) is 3.84. The molecule has 10 heteroatoms. The summed E-state index contributed by atoms with van der Waals surface area (Å²) in [6.45, 7) is 1.29. The first-order valence-electron chi connectivity index (χ1n) is 10.3. The molecular weight excluding hydrogens is 451 g/mol. The Morgan fingerprint density at radius 1 is 1.12 bits per heavy atom. The second-order valence-electron chi connectivity index (χ2n) is 7.80. The number of nitrogens with zero attached hydrogens (tertiary/aromatic N) is 3. The number of aromatic nitrogens is 1. The van der Waals surface area contributed by atoms with E-state index in [-0.39, 0.29) is 22.7 Å². The first-order chi connectivity index (χ1) is 15.4. The van der Waals surface area contributed by atoms with E-state index in [1.165, 1.54) is 35.7 Å². The Labute approximate surface area is 189 Å². The lowest BCUT2D eigenvalue weighted by Crippen LogP contribution is -2.44. The van der Waals surface area contributed by atoms with E-state index in [1.54, 1.807) is 34.5 Å². The minimum absolute atomic E-state index is 0.0290. The maximum Gasteiger partial charge on any atom is 0.263 e. The molecule has 3 aromatic rings. The van der Waals surface area contributed by atoms with E-state index in [4.69, 9.17) is 0 Å². The summed E-state index contributed by atoms with van der Waals surface area (Å²) in [5, 5.41) is 1.99. The topological polar surface area (TPSA) is 82.6 Å². The Morgan fingerprint density at radius 2 is 1.94 bits per heavy atom. The van der Waals surface area contributed by atoms with E-state index in [0.717, 1.165) is 30.6 Å². The fourth-order valence-electron chi connectivity index (χ4n) is 4.38. The number of thiazole rings is 1. The summed E-state index contributed by atoms with van der Waals surface area (Å²) in [6, 6.07) is 10.7. The molecular formula is C22H21FN4O3S2. The average molecular weight is 473 g/mol. The van der Waals surface area contributed by atoms with Crippen LogP contribution >= 0.6 is 11.3 Å². The van der Waals surface area contributed by atoms with Crippen LogP contribution in [-0.2, 0) is 21.2 Å². The normalized spacial score (nSPS) is 18.7. The molecule has 1 aromatic heterocycles. The number of sulfonamides is 1. The number of anilines is 3. The molecule has 1 saturated heterocycles. The van der Waals surface area contributed by atoms with Crippen molar-refractivity contribution in [3.05, 3.63) is 65.4 Å². The molecule has 0 unspecified atom stereocenters. The fraction of sp³-hybridized carbons (Fsp3) is 0.273. The number of nitrogens with one attached hydrogen (secondary N) is 1. The Bertz CT molecular complexity index is 1250. The summed E-state index contributed by atoms with van der Waals surface area (Å²) >= 11 is 1.20. The first-order valence-corrected chi connectivity index (χ1v) is 12.7. The van der Waals surface area contributed by atoms with Crippen LogP contribution in [0.4, 0.5) is 20.9 Å². The van der Waals surface area contributed by atoms with E-state index in [2.05, 4.69) is 14.6 Å². The highest BCUT2D eigenvalue weighted by Gasteiger charge is 2.38. The highest BCUT2D eigenvalue weighted by Crippen LogP contribution is 2.34. The Hall–Kier alpha value is -2.98. The molecule has 3 heterocycles. The van der Waals surface area contributed by atoms with E-state index >= 15 is 0 Å². The van der Waals surface area contributed by atoms with Crippen molar-refractivity contribution >= 4 is 43.8 Å². The minimum atomic E-state index is -3.75. The molecule has 0 radical (unpaired) electrons. The standard InChI is InChI=1S/C22H21FN4O3S2/c23-16-3-8-19-15(14-16)2-1-11-27(19)20-9-12-26(21(20)28)17-4-6-18(7-5-17)32(29,30)25-22-24-10-13-31-22/h3-8,10,13-14,20H,1-2,9,11-12H2,(H,24,25)/t20-/m1/s1. The van der Waals surface area contributed by atoms with Crippen LogP contribution in [0.2, 0.25) is 0 Å². The van der Waals surface area contributed by atoms with Gasteiger partial charge < -0.3 is 9.80 Å². The lowest BCUT2D eigenvalue weighted by Gasteiger charge is -2.35. The SMILES string of the molecule is O=C1[C@H](N2CCCc3cc(F)ccc32)CCN1c1ccc(S(=O)(=O)Nc2nccs2)cc1. The molecule has 2 aliphatic rings. The van der Waals surface area contributed by atoms with Crippen molar-refractivity contribution in [1.82, 2.24) is 4.98 Å². The third-order valence-corrected chi connectivity index (χ3v) is 8.03. The van der Waals surface area contributed by atoms with Crippen LogP contribution < -0.4 is 14.5 Å². The van der Waals surface area contributed by atoms with E-state index in [9.17, 15) is 17.6 Å². The van der Waals surface area contributed by atoms with Crippen molar-refractivity contribution in [2.75, 3.05) is 27.6 Å². The minimum Gasteiger partial charge on any atom is -0.359 e. The van der Waals surface area contributed by atoms with Crippen molar-refractivity contribution in [3.8, 4) is 0 Å². The molecule has 2 aromatic carbocycles. The summed E-state index contributed by atoms with van der Waals surface area (Å²) in [5.41, 5.74) is 2.51. The van der Waals surface area contributed by atoms with Crippen LogP contribution in [0, 0.1) is 5.82 Å². The molecule has 1 N–H and O–H groups in total. The predicted octanol–water partition coefficient (Wildman–Crippen LogP) is 3.64. The zero-order valence-corrected chi connectivity index (χ0v) is 18.7. The number of benzene rings is 2. The van der Waals surface area contributed by atoms with Crippen molar-refractivity contribution in [1.29, 1.82) is 0 Å². The fourth-order valence-corrected chi connectivity index (χ4v) is 6.17. The number of rotatable bonds is 5. The van der Waals surface area contributed by atoms with Crippen LogP contribution in [0.5, 0.6) is 0 Å². The molecule has 166 valence electrons. The number of halogens is 1. The lowest BCUT2D eigenvalue weighted by atomic mass is 9.99. The zero-order valence-electron chi connectivity index (χ0n) is 17.1. The Balaban J connectivity index is 1.34. The van der Waals surface area contributed by atoms with Gasteiger partial charge >= 0.3 is 0 Å². The van der Waals surface area contributed by atoms with Gasteiger partial charge in [-0.3, -0.25) is 9.52 Å². The van der Waals surface area contributed by atoms with Crippen LogP contribution in [0.25, 0.3) is 0 Å². The van der Waals surface area contributed by atoms with Gasteiger partial charge in [-0.2, -0.15) is 0 Å². The molecule has 1 amide bonds. The lowest BCUT2D eigenvalue weighted by molar-refractivity contribution is -0.118. The van der Waals surface area contributed by atoms with Gasteiger partial charge in [0.05, 0.1) is 4.90 Å². The highest BCUT2D eigenvalue weighted by atomic mass is 32.2. The van der Waals surface area contributed by atoms with Gasteiger partial charge in [0, 0.05) is 36.0 Å². The second kappa shape index (κ2) is 8.18. The first kappa shape index (κ1) is 20.9. The smallest absolute Gasteiger partial charge is 0.263 e. The van der Waals surface area contributed by atoms with Crippen LogP contribution in [0.15, 0.2) is 58.9 Å². The number of carbonyl (C=O) groups is 1. The zero-order chi connectivity index (χ0) is 22.3. The maximum atomic E-state index is 13.6. The van der Waals surface area contributed by atoms with Crippen LogP contribution in [0.1, 0.15) is 18.4 Å². The third-order valence-electron chi connectivity index (χ3n) is 5.86. The van der Waals surface area contributed by atoms with Gasteiger partial charge in [-0.1, -0.05) is 0 Å². The van der Waals surface area contributed by atoms with Crippen molar-refractivity contribution in [2.24, 2.45) is 0 Å². The molecule has 0 spiro atoms. The summed E-state index contributed by atoms with van der Waals surface area (Å²) in [5.74, 6) is -0.289. The van der Waals surface area contributed by atoms with Crippen LogP contribution in [0.3, 0.4) is 0 Å². The summed E-state index contributed by atoms with van der Waals surface area (Å²) in [4.78, 5) is 21.1. The summed E-state index contributed by atoms with van der Waals surface area (Å²) in [7, 11) is -3.75. The molecule has 2 aliphatic heterocycles. The van der Waals surface area contributed by atoms with Gasteiger partial charge in [-0.25, -0.2) is 17.8 Å². The van der Waals surface area contributed by atoms with E-state index in [0.29, 0.717) is 23.8 Å². The number of hydrogen-bond acceptors (Lipinski definition) is 6. The summed E-state index contributed by atoms with van der Waals surface area (Å²) in [6.07, 6.45) is 3.86. The van der Waals surface area contributed by atoms with Gasteiger partial charge in [0.15, 0.2) is 5.13 Å². The van der Waals surface area contributed by atoms with E-state index in [1.807, 2.05) is 0 Å².